The molecule has 2 amide bonds. The lowest BCUT2D eigenvalue weighted by Gasteiger charge is -2.27. The molecule has 13 heteroatoms. The fourth-order valence-corrected chi connectivity index (χ4v) is 4.13. The maximum atomic E-state index is 14.6. The lowest BCUT2D eigenvalue weighted by Crippen LogP contribution is -2.44. The van der Waals surface area contributed by atoms with Gasteiger partial charge in [0.05, 0.1) is 12.6 Å². The number of carbonyl (C=O) groups excluding carboxylic acids is 2. The van der Waals surface area contributed by atoms with Gasteiger partial charge < -0.3 is 14.8 Å². The number of alkyl halides is 1. The van der Waals surface area contributed by atoms with Crippen LogP contribution >= 0.6 is 23.2 Å². The summed E-state index contributed by atoms with van der Waals surface area (Å²) in [6.45, 7) is 11.5. The average molecular weight is 600 g/mol. The van der Waals surface area contributed by atoms with Crippen LogP contribution in [0.4, 0.5) is 24.2 Å². The van der Waals surface area contributed by atoms with Gasteiger partial charge in [-0.2, -0.15) is 4.98 Å². The number of hydrogen-bond donors (Lipinski definition) is 1. The second-order valence-corrected chi connectivity index (χ2v) is 12.0. The number of nitrogens with one attached hydrogen (secondary N) is 1. The van der Waals surface area contributed by atoms with Crippen LogP contribution in [0.2, 0.25) is 10.4 Å². The van der Waals surface area contributed by atoms with Crippen molar-refractivity contribution in [3.05, 3.63) is 57.7 Å². The summed E-state index contributed by atoms with van der Waals surface area (Å²) in [4.78, 5) is 31.2. The molecule has 2 aromatic heterocycles. The van der Waals surface area contributed by atoms with Gasteiger partial charge in [0, 0.05) is 0 Å². The van der Waals surface area contributed by atoms with Crippen molar-refractivity contribution in [2.45, 2.75) is 84.8 Å². The van der Waals surface area contributed by atoms with Gasteiger partial charge in [-0.15, -0.1) is 5.10 Å². The van der Waals surface area contributed by atoms with Gasteiger partial charge in [0.15, 0.2) is 5.82 Å². The van der Waals surface area contributed by atoms with E-state index in [0.29, 0.717) is 11.1 Å². The average Bonchev–Trinajstić information content (AvgIpc) is 3.10. The summed E-state index contributed by atoms with van der Waals surface area (Å²) < 4.78 is 40.3. The molecule has 1 N–H and O–H groups in total. The van der Waals surface area contributed by atoms with Crippen LogP contribution in [0.5, 0.6) is 0 Å². The number of amides is 2. The molecule has 2 heterocycles. The number of nitrogens with zero attached hydrogens (tertiary/aromatic N) is 4. The number of aromatic nitrogens is 3. The maximum absolute atomic E-state index is 14.6. The zero-order chi connectivity index (χ0) is 30.0. The fourth-order valence-electron chi connectivity index (χ4n) is 3.72. The van der Waals surface area contributed by atoms with E-state index in [2.05, 4.69) is 15.4 Å². The van der Waals surface area contributed by atoms with Gasteiger partial charge in [-0.05, 0) is 95.8 Å². The minimum absolute atomic E-state index is 0.0272. The molecule has 0 fully saturated rings. The number of alkyl carbamates (subject to hydrolysis) is 1. The summed E-state index contributed by atoms with van der Waals surface area (Å²) in [6.07, 6.45) is -3.01. The molecule has 1 aromatic carbocycles. The van der Waals surface area contributed by atoms with Crippen molar-refractivity contribution < 1.29 is 27.8 Å². The summed E-state index contributed by atoms with van der Waals surface area (Å²) in [6, 6.07) is 6.19. The van der Waals surface area contributed by atoms with Crippen molar-refractivity contribution in [2.75, 3.05) is 4.90 Å². The molecule has 2 atom stereocenters. The van der Waals surface area contributed by atoms with Crippen LogP contribution in [0.3, 0.4) is 0 Å². The quantitative estimate of drug-likeness (QED) is 0.317. The van der Waals surface area contributed by atoms with Crippen LogP contribution in [0, 0.1) is 5.82 Å². The van der Waals surface area contributed by atoms with Crippen molar-refractivity contribution in [3.63, 3.8) is 0 Å². The summed E-state index contributed by atoms with van der Waals surface area (Å²) in [5.41, 5.74) is -0.330. The molecule has 218 valence electrons. The first kappa shape index (κ1) is 31.3. The predicted octanol–water partition coefficient (Wildman–Crippen LogP) is 6.91. The molecule has 0 spiro atoms. The normalized spacial score (nSPS) is 13.6. The van der Waals surface area contributed by atoms with E-state index in [9.17, 15) is 18.4 Å². The second-order valence-electron chi connectivity index (χ2n) is 11.3. The van der Waals surface area contributed by atoms with Crippen LogP contribution < -0.4 is 10.2 Å². The standard InChI is InChI=1S/C27H33Cl2F2N5O4/c1-15(30)19(32-24(37)39-26(2,3)4)12-17-13-20-22(33-23(29)34-36(20)21(17)28)35(25(38)40-27(5,6)7)14-16-8-10-18(31)11-9-16/h8-11,13,15,19H,12,14H2,1-7H3,(H,32,37)/t15-,19+/m0/s1. The first-order valence-corrected chi connectivity index (χ1v) is 13.3. The lowest BCUT2D eigenvalue weighted by molar-refractivity contribution is 0.0476. The van der Waals surface area contributed by atoms with Crippen molar-refractivity contribution in [3.8, 4) is 0 Å². The molecule has 0 saturated carbocycles. The molecule has 40 heavy (non-hydrogen) atoms. The van der Waals surface area contributed by atoms with E-state index in [1.165, 1.54) is 40.6 Å². The van der Waals surface area contributed by atoms with Crippen LogP contribution in [0.15, 0.2) is 30.3 Å². The topological polar surface area (TPSA) is 98.1 Å². The predicted molar refractivity (Wildman–Crippen MR) is 149 cm³/mol. The summed E-state index contributed by atoms with van der Waals surface area (Å²) in [7, 11) is 0. The number of ether oxygens (including phenoxy) is 2. The van der Waals surface area contributed by atoms with Crippen LogP contribution in [0.25, 0.3) is 5.52 Å². The smallest absolute Gasteiger partial charge is 0.416 e. The highest BCUT2D eigenvalue weighted by atomic mass is 35.5. The van der Waals surface area contributed by atoms with Gasteiger partial charge in [0.2, 0.25) is 5.28 Å². The monoisotopic (exact) mass is 599 g/mol. The van der Waals surface area contributed by atoms with E-state index in [4.69, 9.17) is 32.7 Å². The summed E-state index contributed by atoms with van der Waals surface area (Å²) in [5.74, 6) is -0.364. The Hall–Kier alpha value is -3.18. The number of fused-ring (bicyclic) bond motifs is 1. The molecule has 0 aliphatic carbocycles. The van der Waals surface area contributed by atoms with E-state index in [1.54, 1.807) is 47.6 Å². The van der Waals surface area contributed by atoms with E-state index in [-0.39, 0.29) is 34.7 Å². The van der Waals surface area contributed by atoms with E-state index < -0.39 is 41.4 Å². The first-order chi connectivity index (χ1) is 18.4. The highest BCUT2D eigenvalue weighted by molar-refractivity contribution is 6.31. The molecule has 0 saturated heterocycles. The molecule has 0 unspecified atom stereocenters. The molecule has 0 aliphatic rings. The van der Waals surface area contributed by atoms with Gasteiger partial charge in [0.1, 0.15) is 33.9 Å². The Kier molecular flexibility index (Phi) is 9.51. The number of rotatable bonds is 7. The van der Waals surface area contributed by atoms with Crippen LogP contribution in [-0.2, 0) is 22.4 Å². The molecular formula is C27H33Cl2F2N5O4. The first-order valence-electron chi connectivity index (χ1n) is 12.6. The number of benzene rings is 1. The van der Waals surface area contributed by atoms with Crippen molar-refractivity contribution in [1.82, 2.24) is 19.9 Å². The van der Waals surface area contributed by atoms with Gasteiger partial charge in [-0.1, -0.05) is 23.7 Å². The maximum Gasteiger partial charge on any atom is 0.416 e. The SMILES string of the molecule is C[C@H](F)[C@@H](Cc1cc2c(N(Cc3ccc(F)cc3)C(=O)OC(C)(C)C)nc(Cl)nn2c1Cl)NC(=O)OC(C)(C)C. The van der Waals surface area contributed by atoms with Crippen molar-refractivity contribution in [1.29, 1.82) is 0 Å². The molecule has 3 rings (SSSR count). The molecule has 0 bridgehead atoms. The Labute approximate surface area is 241 Å². The highest BCUT2D eigenvalue weighted by Gasteiger charge is 2.30. The Morgan fingerprint density at radius 1 is 1.07 bits per heavy atom. The number of hydrogen-bond acceptors (Lipinski definition) is 6. The Morgan fingerprint density at radius 2 is 1.68 bits per heavy atom. The van der Waals surface area contributed by atoms with Crippen molar-refractivity contribution in [2.24, 2.45) is 0 Å². The van der Waals surface area contributed by atoms with E-state index in [0.717, 1.165) is 0 Å². The largest absolute Gasteiger partial charge is 0.444 e. The third-order valence-electron chi connectivity index (χ3n) is 5.42. The third kappa shape index (κ3) is 8.41. The van der Waals surface area contributed by atoms with E-state index >= 15 is 0 Å². The summed E-state index contributed by atoms with van der Waals surface area (Å²) >= 11 is 12.9. The molecular weight excluding hydrogens is 567 g/mol. The molecule has 9 nitrogen and oxygen atoms in total. The second kappa shape index (κ2) is 12.1. The molecule has 3 aromatic rings. The van der Waals surface area contributed by atoms with Gasteiger partial charge in [-0.25, -0.2) is 22.9 Å². The number of carbonyl (C=O) groups is 2. The minimum Gasteiger partial charge on any atom is -0.444 e. The van der Waals surface area contributed by atoms with Crippen LogP contribution in [0.1, 0.15) is 59.6 Å². The molecule has 0 radical (unpaired) electrons. The Bertz CT molecular complexity index is 1370. The number of halogens is 4. The highest BCUT2D eigenvalue weighted by Crippen LogP contribution is 2.31. The Morgan fingerprint density at radius 3 is 2.23 bits per heavy atom. The number of anilines is 1. The zero-order valence-electron chi connectivity index (χ0n) is 23.4. The third-order valence-corrected chi connectivity index (χ3v) is 5.98. The van der Waals surface area contributed by atoms with E-state index in [1.807, 2.05) is 0 Å². The fraction of sp³-hybridized carbons (Fsp3) is 0.481. The summed E-state index contributed by atoms with van der Waals surface area (Å²) in [5, 5.41) is 6.56. The van der Waals surface area contributed by atoms with Crippen molar-refractivity contribution >= 4 is 46.7 Å². The zero-order valence-corrected chi connectivity index (χ0v) is 24.9. The minimum atomic E-state index is -1.46. The van der Waals surface area contributed by atoms with Gasteiger partial charge in [0.25, 0.3) is 0 Å². The van der Waals surface area contributed by atoms with Crippen LogP contribution in [-0.4, -0.2) is 50.2 Å². The lowest BCUT2D eigenvalue weighted by atomic mass is 10.1. The Balaban J connectivity index is 2.06. The molecule has 0 aliphatic heterocycles. The van der Waals surface area contributed by atoms with Gasteiger partial charge >= 0.3 is 12.2 Å². The van der Waals surface area contributed by atoms with Gasteiger partial charge in [-0.3, -0.25) is 4.90 Å².